The fourth-order valence-corrected chi connectivity index (χ4v) is 8.47. The molecule has 1 saturated carbocycles. The largest absolute Gasteiger partial charge is 0.573 e. The van der Waals surface area contributed by atoms with Crippen LogP contribution in [0.3, 0.4) is 0 Å². The van der Waals surface area contributed by atoms with Crippen molar-refractivity contribution in [2.75, 3.05) is 9.80 Å². The minimum Gasteiger partial charge on any atom is -0.508 e. The average Bonchev–Trinajstić information content (AvgIpc) is 3.39. The molecular formula is C34H24BrClF4N2O6. The number of aromatic hydroxyl groups is 1. The highest BCUT2D eigenvalue weighted by atomic mass is 79.9. The predicted molar refractivity (Wildman–Crippen MR) is 167 cm³/mol. The zero-order valence-electron chi connectivity index (χ0n) is 24.8. The molecule has 2 heterocycles. The van der Waals surface area contributed by atoms with E-state index >= 15 is 0 Å². The van der Waals surface area contributed by atoms with Gasteiger partial charge in [-0.25, -0.2) is 9.29 Å². The van der Waals surface area contributed by atoms with E-state index in [4.69, 9.17) is 11.6 Å². The summed E-state index contributed by atoms with van der Waals surface area (Å²) >= 11 is 9.34. The fourth-order valence-electron chi connectivity index (χ4n) is 8.04. The molecule has 48 heavy (non-hydrogen) atoms. The quantitative estimate of drug-likeness (QED) is 0.171. The summed E-state index contributed by atoms with van der Waals surface area (Å²) in [6.07, 6.45) is -3.36. The van der Waals surface area contributed by atoms with Crippen LogP contribution >= 0.6 is 27.5 Å². The Hall–Kier alpha value is -4.23. The van der Waals surface area contributed by atoms with Crippen LogP contribution < -0.4 is 14.5 Å². The number of imide groups is 2. The Bertz CT molecular complexity index is 1950. The number of anilines is 2. The number of hydrogen-bond acceptors (Lipinski definition) is 6. The van der Waals surface area contributed by atoms with Crippen LogP contribution in [0.4, 0.5) is 28.9 Å². The molecule has 2 aliphatic heterocycles. The molecule has 4 aliphatic rings. The van der Waals surface area contributed by atoms with Crippen LogP contribution in [0, 0.1) is 34.9 Å². The summed E-state index contributed by atoms with van der Waals surface area (Å²) in [6.45, 7) is 1.49. The molecule has 0 spiro atoms. The third-order valence-electron chi connectivity index (χ3n) is 10.1. The highest BCUT2D eigenvalue weighted by Crippen LogP contribution is 2.64. The molecule has 3 aromatic carbocycles. The molecule has 0 aromatic heterocycles. The zero-order chi connectivity index (χ0) is 34.4. The zero-order valence-corrected chi connectivity index (χ0v) is 27.1. The number of allylic oxidation sites excluding steroid dienone is 2. The number of ether oxygens (including phenoxy) is 1. The maximum Gasteiger partial charge on any atom is 0.573 e. The Morgan fingerprint density at radius 3 is 2.27 bits per heavy atom. The lowest BCUT2D eigenvalue weighted by Crippen LogP contribution is -2.49. The monoisotopic (exact) mass is 746 g/mol. The van der Waals surface area contributed by atoms with E-state index in [0.29, 0.717) is 11.3 Å². The van der Waals surface area contributed by atoms with Gasteiger partial charge in [0.2, 0.25) is 23.6 Å². The number of amides is 4. The first-order valence-electron chi connectivity index (χ1n) is 14.9. The topological polar surface area (TPSA) is 104 Å². The number of carbonyl (C=O) groups excluding carboxylic acids is 4. The minimum atomic E-state index is -5.07. The number of carbonyl (C=O) groups is 4. The third-order valence-corrected chi connectivity index (χ3v) is 10.9. The van der Waals surface area contributed by atoms with Crippen LogP contribution in [-0.2, 0) is 19.2 Å². The Balaban J connectivity index is 1.39. The van der Waals surface area contributed by atoms with Gasteiger partial charge in [-0.2, -0.15) is 0 Å². The summed E-state index contributed by atoms with van der Waals surface area (Å²) in [5.74, 6) is -9.25. The summed E-state index contributed by atoms with van der Waals surface area (Å²) in [5.41, 5.74) is -1.05. The van der Waals surface area contributed by atoms with Crippen LogP contribution in [-0.4, -0.2) is 35.1 Å². The summed E-state index contributed by atoms with van der Waals surface area (Å²) < 4.78 is 58.9. The molecular weight excluding hydrogens is 724 g/mol. The van der Waals surface area contributed by atoms with Gasteiger partial charge in [-0.1, -0.05) is 39.2 Å². The van der Waals surface area contributed by atoms with Crippen molar-refractivity contribution in [2.45, 2.75) is 32.0 Å². The number of benzene rings is 3. The minimum absolute atomic E-state index is 0.0208. The van der Waals surface area contributed by atoms with E-state index in [1.54, 1.807) is 30.3 Å². The van der Waals surface area contributed by atoms with Crippen LogP contribution in [0.1, 0.15) is 31.2 Å². The van der Waals surface area contributed by atoms with Crippen molar-refractivity contribution >= 4 is 62.5 Å². The maximum atomic E-state index is 14.5. The molecule has 6 atom stereocenters. The van der Waals surface area contributed by atoms with Gasteiger partial charge in [-0.15, -0.1) is 13.2 Å². The third kappa shape index (κ3) is 4.84. The van der Waals surface area contributed by atoms with Crippen LogP contribution in [0.15, 0.2) is 76.8 Å². The molecule has 248 valence electrons. The second kappa shape index (κ2) is 11.2. The lowest BCUT2D eigenvalue weighted by atomic mass is 9.51. The highest BCUT2D eigenvalue weighted by Gasteiger charge is 2.68. The number of fused-ring (bicyclic) bond motifs is 4. The van der Waals surface area contributed by atoms with Crippen molar-refractivity contribution in [1.29, 1.82) is 0 Å². The van der Waals surface area contributed by atoms with Crippen molar-refractivity contribution in [3.05, 3.63) is 93.2 Å². The lowest BCUT2D eigenvalue weighted by Gasteiger charge is -2.49. The molecule has 6 unspecified atom stereocenters. The van der Waals surface area contributed by atoms with Crippen molar-refractivity contribution in [1.82, 2.24) is 0 Å². The summed E-state index contributed by atoms with van der Waals surface area (Å²) in [6, 6.07) is 12.8. The number of halogens is 6. The maximum absolute atomic E-state index is 14.5. The smallest absolute Gasteiger partial charge is 0.508 e. The van der Waals surface area contributed by atoms with Crippen LogP contribution in [0.5, 0.6) is 11.5 Å². The van der Waals surface area contributed by atoms with Gasteiger partial charge in [0, 0.05) is 16.0 Å². The second-order valence-corrected chi connectivity index (χ2v) is 13.8. The van der Waals surface area contributed by atoms with E-state index in [9.17, 15) is 41.8 Å². The first-order chi connectivity index (χ1) is 22.6. The molecule has 0 bridgehead atoms. The Kier molecular flexibility index (Phi) is 7.52. The Morgan fingerprint density at radius 2 is 1.60 bits per heavy atom. The molecule has 8 nitrogen and oxygen atoms in total. The molecule has 14 heteroatoms. The Labute approximate surface area is 284 Å². The molecule has 4 amide bonds. The van der Waals surface area contributed by atoms with Crippen LogP contribution in [0.2, 0.25) is 5.02 Å². The second-order valence-electron chi connectivity index (χ2n) is 12.5. The van der Waals surface area contributed by atoms with Gasteiger partial charge in [0.25, 0.3) is 0 Å². The molecule has 1 N–H and O–H groups in total. The Morgan fingerprint density at radius 1 is 0.917 bits per heavy atom. The first kappa shape index (κ1) is 32.3. The van der Waals surface area contributed by atoms with Gasteiger partial charge < -0.3 is 9.84 Å². The van der Waals surface area contributed by atoms with Gasteiger partial charge in [0.05, 0.1) is 39.6 Å². The van der Waals surface area contributed by atoms with E-state index in [2.05, 4.69) is 20.7 Å². The summed E-state index contributed by atoms with van der Waals surface area (Å²) in [7, 11) is 0. The van der Waals surface area contributed by atoms with Crippen molar-refractivity contribution in [3.8, 4) is 11.5 Å². The lowest BCUT2D eigenvalue weighted by molar-refractivity contribution is -0.274. The standard InChI is InChI=1S/C34H24BrClF4N2O6/c1-33-23(30(45)42(32(33)47)17-6-10-25(37)24(36)12-17)14-21-19(28(33)22-13-18(7-11-26(22)43)48-34(38,39)40)8-9-20-27(21)31(46)41(29(20)44)16-4-2-15(35)3-5-16/h2-8,10-13,20-21,23,27-28,43H,9,14H2,1H3. The molecule has 7 rings (SSSR count). The van der Waals surface area contributed by atoms with Gasteiger partial charge in [0.1, 0.15) is 17.3 Å². The number of phenolic OH excluding ortho intramolecular Hbond substituents is 1. The van der Waals surface area contributed by atoms with E-state index in [0.717, 1.165) is 44.6 Å². The van der Waals surface area contributed by atoms with E-state index in [1.165, 1.54) is 13.0 Å². The molecule has 2 aliphatic carbocycles. The van der Waals surface area contributed by atoms with E-state index in [1.807, 2.05) is 0 Å². The predicted octanol–water partition coefficient (Wildman–Crippen LogP) is 7.28. The van der Waals surface area contributed by atoms with Gasteiger partial charge in [-0.05, 0) is 86.3 Å². The molecule has 2 saturated heterocycles. The van der Waals surface area contributed by atoms with Crippen LogP contribution in [0.25, 0.3) is 0 Å². The van der Waals surface area contributed by atoms with Gasteiger partial charge in [-0.3, -0.25) is 24.1 Å². The number of alkyl halides is 3. The normalized spacial score (nSPS) is 28.3. The molecule has 3 fully saturated rings. The molecule has 0 radical (unpaired) electrons. The number of hydrogen-bond donors (Lipinski definition) is 1. The van der Waals surface area contributed by atoms with E-state index in [-0.39, 0.29) is 29.1 Å². The van der Waals surface area contributed by atoms with Gasteiger partial charge >= 0.3 is 6.36 Å². The first-order valence-corrected chi connectivity index (χ1v) is 16.0. The van der Waals surface area contributed by atoms with Gasteiger partial charge in [0.15, 0.2) is 0 Å². The van der Waals surface area contributed by atoms with E-state index < -0.39 is 82.3 Å². The highest BCUT2D eigenvalue weighted by molar-refractivity contribution is 9.10. The SMILES string of the molecule is CC12C(=O)N(c3ccc(F)c(Cl)c3)C(=O)C1CC1C(=CCC3C(=O)N(c4ccc(Br)cc4)C(=O)C31)C2c1cc(OC(F)(F)F)ccc1O. The summed E-state index contributed by atoms with van der Waals surface area (Å²) in [4.78, 5) is 58.6. The number of rotatable bonds is 4. The van der Waals surface area contributed by atoms with Crippen molar-refractivity contribution in [3.63, 3.8) is 0 Å². The molecule has 3 aromatic rings. The average molecular weight is 748 g/mol. The fraction of sp³-hybridized carbons (Fsp3) is 0.294. The van der Waals surface area contributed by atoms with Crippen molar-refractivity contribution in [2.24, 2.45) is 29.1 Å². The summed E-state index contributed by atoms with van der Waals surface area (Å²) in [5, 5.41) is 10.8. The number of nitrogens with zero attached hydrogens (tertiary/aromatic N) is 2. The number of phenols is 1. The van der Waals surface area contributed by atoms with Crippen molar-refractivity contribution < 1.29 is 46.6 Å².